The number of aliphatic imine (C=N–C) groups is 1. The molecule has 0 aromatic carbocycles. The smallest absolute Gasteiger partial charge is 0.339 e. The van der Waals surface area contributed by atoms with Crippen LogP contribution in [0.4, 0.5) is 0 Å². The van der Waals surface area contributed by atoms with Crippen molar-refractivity contribution in [2.45, 2.75) is 32.6 Å². The van der Waals surface area contributed by atoms with Gasteiger partial charge in [0.2, 0.25) is 0 Å². The molecule has 6 nitrogen and oxygen atoms in total. The standard InChI is InChI=1S/C17H28N2O4/c1-3-22-10-11-23-17(20)16(13-18)14-6-4-7-15(12-14)19-8-5-9-21-2/h12-13H,3-11,18H2,1-2H3. The highest BCUT2D eigenvalue weighted by Crippen LogP contribution is 2.23. The van der Waals surface area contributed by atoms with Crippen LogP contribution in [0.3, 0.4) is 0 Å². The molecule has 0 fully saturated rings. The van der Waals surface area contributed by atoms with Crippen molar-refractivity contribution in [1.82, 2.24) is 0 Å². The number of methoxy groups -OCH3 is 1. The Morgan fingerprint density at radius 2 is 2.17 bits per heavy atom. The number of allylic oxidation sites excluding steroid dienone is 1. The Labute approximate surface area is 138 Å². The van der Waals surface area contributed by atoms with Gasteiger partial charge in [0.15, 0.2) is 0 Å². The van der Waals surface area contributed by atoms with Crippen LogP contribution in [-0.4, -0.2) is 51.8 Å². The van der Waals surface area contributed by atoms with E-state index in [1.54, 1.807) is 7.11 Å². The van der Waals surface area contributed by atoms with Gasteiger partial charge in [-0.25, -0.2) is 4.79 Å². The molecule has 0 unspecified atom stereocenters. The number of rotatable bonds is 10. The predicted octanol–water partition coefficient (Wildman–Crippen LogP) is 2.00. The first kappa shape index (κ1) is 19.4. The Hall–Kier alpha value is -1.66. The summed E-state index contributed by atoms with van der Waals surface area (Å²) >= 11 is 0. The first-order valence-corrected chi connectivity index (χ1v) is 8.12. The maximum absolute atomic E-state index is 12.1. The average Bonchev–Trinajstić information content (AvgIpc) is 2.57. The minimum absolute atomic E-state index is 0.231. The summed E-state index contributed by atoms with van der Waals surface area (Å²) in [5.41, 5.74) is 7.95. The van der Waals surface area contributed by atoms with Crippen LogP contribution >= 0.6 is 0 Å². The first-order chi connectivity index (χ1) is 11.2. The second-order valence-electron chi connectivity index (χ2n) is 5.16. The fourth-order valence-corrected chi connectivity index (χ4v) is 2.30. The summed E-state index contributed by atoms with van der Waals surface area (Å²) in [6, 6.07) is 0. The summed E-state index contributed by atoms with van der Waals surface area (Å²) < 4.78 is 15.4. The van der Waals surface area contributed by atoms with Gasteiger partial charge in [0, 0.05) is 38.8 Å². The molecule has 2 N–H and O–H groups in total. The molecule has 1 aliphatic rings. The number of esters is 1. The van der Waals surface area contributed by atoms with E-state index in [-0.39, 0.29) is 6.61 Å². The predicted molar refractivity (Wildman–Crippen MR) is 90.5 cm³/mol. The van der Waals surface area contributed by atoms with E-state index in [1.165, 1.54) is 6.20 Å². The molecule has 130 valence electrons. The molecule has 0 bridgehead atoms. The molecule has 0 amide bonds. The van der Waals surface area contributed by atoms with Crippen molar-refractivity contribution in [1.29, 1.82) is 0 Å². The van der Waals surface area contributed by atoms with E-state index >= 15 is 0 Å². The number of hydrogen-bond donors (Lipinski definition) is 1. The van der Waals surface area contributed by atoms with Crippen LogP contribution in [0.1, 0.15) is 32.6 Å². The fourth-order valence-electron chi connectivity index (χ4n) is 2.30. The van der Waals surface area contributed by atoms with Crippen molar-refractivity contribution in [3.05, 3.63) is 23.4 Å². The molecular weight excluding hydrogens is 296 g/mol. The number of hydrogen-bond acceptors (Lipinski definition) is 6. The summed E-state index contributed by atoms with van der Waals surface area (Å²) in [4.78, 5) is 16.7. The van der Waals surface area contributed by atoms with Gasteiger partial charge in [0.05, 0.1) is 12.2 Å². The maximum Gasteiger partial charge on any atom is 0.339 e. The lowest BCUT2D eigenvalue weighted by molar-refractivity contribution is -0.140. The highest BCUT2D eigenvalue weighted by molar-refractivity contribution is 6.01. The molecule has 0 atom stereocenters. The minimum Gasteiger partial charge on any atom is -0.460 e. The number of nitrogens with two attached hydrogens (primary N) is 1. The Bertz CT molecular complexity index is 456. The van der Waals surface area contributed by atoms with Gasteiger partial charge in [-0.2, -0.15) is 0 Å². The Morgan fingerprint density at radius 3 is 2.87 bits per heavy atom. The molecule has 0 aromatic heterocycles. The van der Waals surface area contributed by atoms with E-state index in [9.17, 15) is 4.79 Å². The van der Waals surface area contributed by atoms with Crippen molar-refractivity contribution in [2.24, 2.45) is 10.7 Å². The van der Waals surface area contributed by atoms with Gasteiger partial charge in [-0.3, -0.25) is 4.99 Å². The highest BCUT2D eigenvalue weighted by atomic mass is 16.6. The number of ether oxygens (including phenoxy) is 3. The number of nitrogens with zero attached hydrogens (tertiary/aromatic N) is 1. The maximum atomic E-state index is 12.1. The van der Waals surface area contributed by atoms with Gasteiger partial charge in [-0.05, 0) is 44.3 Å². The molecule has 1 rings (SSSR count). The van der Waals surface area contributed by atoms with Gasteiger partial charge in [-0.1, -0.05) is 0 Å². The monoisotopic (exact) mass is 324 g/mol. The first-order valence-electron chi connectivity index (χ1n) is 8.12. The molecule has 0 saturated carbocycles. The van der Waals surface area contributed by atoms with Gasteiger partial charge < -0.3 is 19.9 Å². The summed E-state index contributed by atoms with van der Waals surface area (Å²) in [5.74, 6) is -0.404. The SMILES string of the molecule is CCOCCOC(=O)C(=CN)C1=CC(=NCCCOC)CCC1. The summed E-state index contributed by atoms with van der Waals surface area (Å²) in [6.45, 7) is 4.56. The van der Waals surface area contributed by atoms with Crippen LogP contribution in [0.25, 0.3) is 0 Å². The van der Waals surface area contributed by atoms with Gasteiger partial charge >= 0.3 is 5.97 Å². The molecule has 1 aliphatic carbocycles. The Morgan fingerprint density at radius 1 is 1.35 bits per heavy atom. The second kappa shape index (κ2) is 11.8. The Balaban J connectivity index is 2.61. The largest absolute Gasteiger partial charge is 0.460 e. The lowest BCUT2D eigenvalue weighted by Gasteiger charge is -2.16. The van der Waals surface area contributed by atoms with Crippen molar-refractivity contribution in [3.8, 4) is 0 Å². The summed E-state index contributed by atoms with van der Waals surface area (Å²) in [5, 5.41) is 0. The lowest BCUT2D eigenvalue weighted by Crippen LogP contribution is -2.17. The van der Waals surface area contributed by atoms with E-state index in [0.29, 0.717) is 25.4 Å². The zero-order valence-electron chi connectivity index (χ0n) is 14.2. The summed E-state index contributed by atoms with van der Waals surface area (Å²) in [6.07, 6.45) is 6.86. The van der Waals surface area contributed by atoms with Crippen LogP contribution < -0.4 is 5.73 Å². The molecule has 0 saturated heterocycles. The topological polar surface area (TPSA) is 83.1 Å². The molecule has 0 heterocycles. The molecule has 0 aliphatic heterocycles. The van der Waals surface area contributed by atoms with E-state index < -0.39 is 5.97 Å². The van der Waals surface area contributed by atoms with Crippen LogP contribution in [-0.2, 0) is 19.0 Å². The molecule has 23 heavy (non-hydrogen) atoms. The third kappa shape index (κ3) is 7.43. The van der Waals surface area contributed by atoms with Crippen molar-refractivity contribution >= 4 is 11.7 Å². The fraction of sp³-hybridized carbons (Fsp3) is 0.647. The Kier molecular flexibility index (Phi) is 9.99. The van der Waals surface area contributed by atoms with Crippen molar-refractivity contribution in [2.75, 3.05) is 40.1 Å². The van der Waals surface area contributed by atoms with Crippen molar-refractivity contribution in [3.63, 3.8) is 0 Å². The van der Waals surface area contributed by atoms with Gasteiger partial charge in [0.1, 0.15) is 6.61 Å². The van der Waals surface area contributed by atoms with E-state index in [1.807, 2.05) is 13.0 Å². The normalized spacial score (nSPS) is 17.2. The van der Waals surface area contributed by atoms with Crippen molar-refractivity contribution < 1.29 is 19.0 Å². The third-order valence-corrected chi connectivity index (χ3v) is 3.44. The van der Waals surface area contributed by atoms with E-state index in [2.05, 4.69) is 4.99 Å². The number of carbonyl (C=O) groups is 1. The lowest BCUT2D eigenvalue weighted by atomic mass is 9.92. The van der Waals surface area contributed by atoms with Crippen LogP contribution in [0.15, 0.2) is 28.4 Å². The second-order valence-corrected chi connectivity index (χ2v) is 5.16. The van der Waals surface area contributed by atoms with Gasteiger partial charge in [-0.15, -0.1) is 0 Å². The van der Waals surface area contributed by atoms with E-state index in [0.717, 1.165) is 43.5 Å². The third-order valence-electron chi connectivity index (χ3n) is 3.44. The quantitative estimate of drug-likeness (QED) is 0.377. The zero-order chi connectivity index (χ0) is 16.9. The molecule has 0 radical (unpaired) electrons. The average molecular weight is 324 g/mol. The number of carbonyl (C=O) groups excluding carboxylic acids is 1. The molecule has 0 spiro atoms. The van der Waals surface area contributed by atoms with Crippen LogP contribution in [0.5, 0.6) is 0 Å². The van der Waals surface area contributed by atoms with Crippen LogP contribution in [0, 0.1) is 0 Å². The zero-order valence-corrected chi connectivity index (χ0v) is 14.2. The highest BCUT2D eigenvalue weighted by Gasteiger charge is 2.19. The van der Waals surface area contributed by atoms with Gasteiger partial charge in [0.25, 0.3) is 0 Å². The van der Waals surface area contributed by atoms with E-state index in [4.69, 9.17) is 19.9 Å². The molecular formula is C17H28N2O4. The summed E-state index contributed by atoms with van der Waals surface area (Å²) in [7, 11) is 1.68. The molecule has 6 heteroatoms. The van der Waals surface area contributed by atoms with Crippen LogP contribution in [0.2, 0.25) is 0 Å². The minimum atomic E-state index is -0.404. The molecule has 0 aromatic rings.